The molecule has 0 radical (unpaired) electrons. The number of hydrogen-bond acceptors (Lipinski definition) is 4. The third-order valence-corrected chi connectivity index (χ3v) is 7.18. The lowest BCUT2D eigenvalue weighted by Crippen LogP contribution is -2.18. The van der Waals surface area contributed by atoms with Gasteiger partial charge in [-0.1, -0.05) is 60.7 Å². The smallest absolute Gasteiger partial charge is 0.268 e. The number of fused-ring (bicyclic) bond motifs is 1. The molecule has 6 heteroatoms. The van der Waals surface area contributed by atoms with Crippen LogP contribution in [0.5, 0.6) is 0 Å². The number of aromatic nitrogens is 1. The molecule has 0 saturated carbocycles. The fourth-order valence-corrected chi connectivity index (χ4v) is 5.37. The monoisotopic (exact) mass is 434 g/mol. The van der Waals surface area contributed by atoms with Crippen LogP contribution in [0.2, 0.25) is 0 Å². The average molecular weight is 435 g/mol. The van der Waals surface area contributed by atoms with Crippen LogP contribution in [0.1, 0.15) is 22.9 Å². The van der Waals surface area contributed by atoms with Gasteiger partial charge in [-0.3, -0.25) is 0 Å². The molecule has 1 unspecified atom stereocenters. The summed E-state index contributed by atoms with van der Waals surface area (Å²) < 4.78 is 28.7. The summed E-state index contributed by atoms with van der Waals surface area (Å²) in [5.74, 6) is 0. The Morgan fingerprint density at radius 2 is 1.55 bits per heavy atom. The van der Waals surface area contributed by atoms with Gasteiger partial charge in [-0.15, -0.1) is 0 Å². The van der Waals surface area contributed by atoms with Crippen molar-refractivity contribution in [1.29, 1.82) is 0 Å². The summed E-state index contributed by atoms with van der Waals surface area (Å²) in [5.41, 5.74) is 2.60. The molecule has 31 heavy (non-hydrogen) atoms. The van der Waals surface area contributed by atoms with Crippen molar-refractivity contribution in [2.24, 2.45) is 0 Å². The van der Waals surface area contributed by atoms with Crippen LogP contribution in [0.3, 0.4) is 0 Å². The van der Waals surface area contributed by atoms with E-state index in [1.165, 1.54) is 3.97 Å². The van der Waals surface area contributed by atoms with Crippen LogP contribution >= 0.6 is 0 Å². The zero-order valence-electron chi connectivity index (χ0n) is 17.6. The lowest BCUT2D eigenvalue weighted by atomic mass is 10.0. The number of rotatable bonds is 7. The first kappa shape index (κ1) is 21.3. The Hall–Kier alpha value is -2.93. The maximum Gasteiger partial charge on any atom is 0.268 e. The number of nitrogens with zero attached hydrogens (tertiary/aromatic N) is 2. The van der Waals surface area contributed by atoms with E-state index in [1.54, 1.807) is 48.5 Å². The molecule has 1 aromatic heterocycles. The molecule has 5 nitrogen and oxygen atoms in total. The molecule has 0 aliphatic carbocycles. The van der Waals surface area contributed by atoms with Crippen LogP contribution in [-0.2, 0) is 16.4 Å². The molecule has 0 saturated heterocycles. The van der Waals surface area contributed by atoms with E-state index in [1.807, 2.05) is 50.5 Å². The minimum Gasteiger partial charge on any atom is -0.382 e. The summed E-state index contributed by atoms with van der Waals surface area (Å²) in [6.45, 7) is 0.840. The highest BCUT2D eigenvalue weighted by molar-refractivity contribution is 7.90. The molecule has 0 aliphatic heterocycles. The van der Waals surface area contributed by atoms with Gasteiger partial charge in [0.05, 0.1) is 16.1 Å². The summed E-state index contributed by atoms with van der Waals surface area (Å²) in [4.78, 5) is 2.28. The SMILES string of the molecule is CN(C)CCc1cccc2c1cc(C(O)c1ccccc1)n2S(=O)(=O)c1ccccc1. The second kappa shape index (κ2) is 8.67. The van der Waals surface area contributed by atoms with Gasteiger partial charge in [0.1, 0.15) is 6.10 Å². The lowest BCUT2D eigenvalue weighted by molar-refractivity contribution is 0.214. The Morgan fingerprint density at radius 1 is 0.903 bits per heavy atom. The van der Waals surface area contributed by atoms with Gasteiger partial charge in [-0.05, 0) is 55.9 Å². The molecule has 0 aliphatic rings. The first-order chi connectivity index (χ1) is 14.9. The van der Waals surface area contributed by atoms with Crippen molar-refractivity contribution in [3.8, 4) is 0 Å². The van der Waals surface area contributed by atoms with Crippen molar-refractivity contribution in [2.45, 2.75) is 17.4 Å². The topological polar surface area (TPSA) is 62.5 Å². The molecular weight excluding hydrogens is 408 g/mol. The van der Waals surface area contributed by atoms with Gasteiger partial charge in [0.25, 0.3) is 10.0 Å². The summed E-state index contributed by atoms with van der Waals surface area (Å²) in [6, 6.07) is 25.0. The molecule has 4 aromatic rings. The molecule has 1 N–H and O–H groups in total. The molecule has 1 heterocycles. The predicted molar refractivity (Wildman–Crippen MR) is 124 cm³/mol. The minimum atomic E-state index is -3.91. The predicted octanol–water partition coefficient (Wildman–Crippen LogP) is 4.06. The number of aliphatic hydroxyl groups excluding tert-OH is 1. The van der Waals surface area contributed by atoms with Gasteiger partial charge in [-0.2, -0.15) is 0 Å². The molecule has 4 rings (SSSR count). The van der Waals surface area contributed by atoms with Crippen LogP contribution in [0, 0.1) is 0 Å². The standard InChI is InChI=1S/C25H26N2O3S/c1-26(2)17-16-19-12-9-15-23-22(19)18-24(25(28)20-10-5-3-6-11-20)27(23)31(29,30)21-13-7-4-8-14-21/h3-15,18,25,28H,16-17H2,1-2H3. The van der Waals surface area contributed by atoms with E-state index in [2.05, 4.69) is 4.90 Å². The second-order valence-electron chi connectivity index (χ2n) is 7.87. The quantitative estimate of drug-likeness (QED) is 0.476. The van der Waals surface area contributed by atoms with Crippen molar-refractivity contribution >= 4 is 20.9 Å². The van der Waals surface area contributed by atoms with E-state index in [0.29, 0.717) is 16.8 Å². The molecular formula is C25H26N2O3S. The van der Waals surface area contributed by atoms with Crippen molar-refractivity contribution in [3.05, 3.63) is 102 Å². The van der Waals surface area contributed by atoms with Crippen LogP contribution < -0.4 is 0 Å². The molecule has 1 atom stereocenters. The zero-order valence-corrected chi connectivity index (χ0v) is 18.5. The molecule has 0 amide bonds. The van der Waals surface area contributed by atoms with Gasteiger partial charge in [0.2, 0.25) is 0 Å². The Kier molecular flexibility index (Phi) is 5.96. The average Bonchev–Trinajstić information content (AvgIpc) is 3.19. The van der Waals surface area contributed by atoms with Gasteiger partial charge >= 0.3 is 0 Å². The summed E-state index contributed by atoms with van der Waals surface area (Å²) in [6.07, 6.45) is -0.297. The highest BCUT2D eigenvalue weighted by Crippen LogP contribution is 2.33. The van der Waals surface area contributed by atoms with Crippen molar-refractivity contribution in [3.63, 3.8) is 0 Å². The van der Waals surface area contributed by atoms with Crippen LogP contribution in [0.4, 0.5) is 0 Å². The number of hydrogen-bond donors (Lipinski definition) is 1. The van der Waals surface area contributed by atoms with Crippen molar-refractivity contribution < 1.29 is 13.5 Å². The normalized spacial score (nSPS) is 13.0. The van der Waals surface area contributed by atoms with E-state index in [4.69, 9.17) is 0 Å². The molecule has 0 fully saturated rings. The van der Waals surface area contributed by atoms with Gasteiger partial charge in [-0.25, -0.2) is 12.4 Å². The Balaban J connectivity index is 1.97. The van der Waals surface area contributed by atoms with Crippen LogP contribution in [0.25, 0.3) is 10.9 Å². The van der Waals surface area contributed by atoms with E-state index < -0.39 is 16.1 Å². The van der Waals surface area contributed by atoms with E-state index in [-0.39, 0.29) is 4.90 Å². The number of aliphatic hydroxyl groups is 1. The summed E-state index contributed by atoms with van der Waals surface area (Å²) in [7, 11) is 0.112. The fourth-order valence-electron chi connectivity index (χ4n) is 3.81. The van der Waals surface area contributed by atoms with E-state index in [0.717, 1.165) is 23.9 Å². The molecule has 0 spiro atoms. The highest BCUT2D eigenvalue weighted by atomic mass is 32.2. The van der Waals surface area contributed by atoms with E-state index in [9.17, 15) is 13.5 Å². The number of benzene rings is 3. The van der Waals surface area contributed by atoms with Crippen molar-refractivity contribution in [1.82, 2.24) is 8.87 Å². The Bertz CT molecular complexity index is 1280. The molecule has 3 aromatic carbocycles. The highest BCUT2D eigenvalue weighted by Gasteiger charge is 2.27. The third-order valence-electron chi connectivity index (χ3n) is 5.42. The molecule has 0 bridgehead atoms. The largest absolute Gasteiger partial charge is 0.382 e. The van der Waals surface area contributed by atoms with Crippen molar-refractivity contribution in [2.75, 3.05) is 20.6 Å². The minimum absolute atomic E-state index is 0.188. The maximum absolute atomic E-state index is 13.7. The third kappa shape index (κ3) is 4.14. The second-order valence-corrected chi connectivity index (χ2v) is 9.65. The Labute approximate surface area is 183 Å². The van der Waals surface area contributed by atoms with Gasteiger partial charge < -0.3 is 10.0 Å². The fraction of sp³-hybridized carbons (Fsp3) is 0.200. The summed E-state index contributed by atoms with van der Waals surface area (Å²) in [5, 5.41) is 12.0. The number of likely N-dealkylation sites (N-methyl/N-ethyl adjacent to an activating group) is 1. The lowest BCUT2D eigenvalue weighted by Gasteiger charge is -2.16. The summed E-state index contributed by atoms with van der Waals surface area (Å²) >= 11 is 0. The first-order valence-electron chi connectivity index (χ1n) is 10.2. The van der Waals surface area contributed by atoms with Crippen LogP contribution in [-0.4, -0.2) is 43.0 Å². The first-order valence-corrected chi connectivity index (χ1v) is 11.6. The van der Waals surface area contributed by atoms with E-state index >= 15 is 0 Å². The van der Waals surface area contributed by atoms with Gasteiger partial charge in [0.15, 0.2) is 0 Å². The molecule has 160 valence electrons. The van der Waals surface area contributed by atoms with Gasteiger partial charge in [0, 0.05) is 11.9 Å². The Morgan fingerprint density at radius 3 is 2.19 bits per heavy atom. The maximum atomic E-state index is 13.7. The zero-order chi connectivity index (χ0) is 22.0. The van der Waals surface area contributed by atoms with Crippen LogP contribution in [0.15, 0.2) is 89.8 Å².